The normalized spacial score (nSPS) is 11.1. The average molecular weight is 410 g/mol. The number of nitrogens with zero attached hydrogens (tertiary/aromatic N) is 3. The molecule has 0 amide bonds. The molecule has 0 saturated carbocycles. The van der Waals surface area contributed by atoms with Crippen molar-refractivity contribution in [2.45, 2.75) is 0 Å². The van der Waals surface area contributed by atoms with Gasteiger partial charge in [-0.25, -0.2) is 14.4 Å². The second-order valence-electron chi connectivity index (χ2n) is 7.11. The minimum absolute atomic E-state index is 0.0179. The molecule has 2 aromatic heterocycles. The quantitative estimate of drug-likeness (QED) is 0.443. The Kier molecular flexibility index (Phi) is 4.29. The number of benzene rings is 3. The Hall–Kier alpha value is -4.39. The van der Waals surface area contributed by atoms with Crippen LogP contribution < -0.4 is 5.73 Å². The summed E-state index contributed by atoms with van der Waals surface area (Å²) in [5, 5.41) is 2.32. The zero-order chi connectivity index (χ0) is 21.5. The van der Waals surface area contributed by atoms with Crippen LogP contribution in [0.5, 0.6) is 0 Å². The lowest BCUT2D eigenvalue weighted by atomic mass is 9.98. The standard InChI is InChI=1S/C24H15FN4O2/c25-18-6-7-19(17(9-18)13-30)14-5-8-21-20(10-14)22(28-24(26)27-21)23(31)29-11-15-3-1-2-4-16(15)12-29/h1-13H,(H2,26,27,28). The van der Waals surface area contributed by atoms with Crippen molar-refractivity contribution in [2.75, 3.05) is 5.73 Å². The Morgan fingerprint density at radius 1 is 0.968 bits per heavy atom. The molecule has 0 fully saturated rings. The van der Waals surface area contributed by atoms with Crippen LogP contribution in [0.2, 0.25) is 0 Å². The van der Waals surface area contributed by atoms with Crippen molar-refractivity contribution >= 4 is 39.8 Å². The van der Waals surface area contributed by atoms with E-state index in [4.69, 9.17) is 5.73 Å². The van der Waals surface area contributed by atoms with Crippen molar-refractivity contribution in [1.29, 1.82) is 0 Å². The molecule has 31 heavy (non-hydrogen) atoms. The molecule has 0 aliphatic rings. The van der Waals surface area contributed by atoms with E-state index >= 15 is 0 Å². The zero-order valence-corrected chi connectivity index (χ0v) is 16.1. The highest BCUT2D eigenvalue weighted by atomic mass is 19.1. The maximum absolute atomic E-state index is 13.6. The predicted octanol–water partition coefficient (Wildman–Crippen LogP) is 4.47. The highest BCUT2D eigenvalue weighted by molar-refractivity contribution is 6.08. The fourth-order valence-electron chi connectivity index (χ4n) is 3.69. The fraction of sp³-hybridized carbons (Fsp3) is 0. The molecule has 0 aliphatic carbocycles. The van der Waals surface area contributed by atoms with Gasteiger partial charge in [0.05, 0.1) is 5.52 Å². The highest BCUT2D eigenvalue weighted by Crippen LogP contribution is 2.29. The number of carbonyl (C=O) groups is 2. The van der Waals surface area contributed by atoms with E-state index in [1.807, 2.05) is 24.3 Å². The number of nitrogen functional groups attached to an aromatic ring is 1. The van der Waals surface area contributed by atoms with E-state index in [2.05, 4.69) is 9.97 Å². The topological polar surface area (TPSA) is 90.9 Å². The SMILES string of the molecule is Nc1nc(C(=O)n2cc3ccccc3c2)c2cc(-c3ccc(F)cc3C=O)ccc2n1. The molecule has 0 saturated heterocycles. The number of hydrogen-bond acceptors (Lipinski definition) is 5. The lowest BCUT2D eigenvalue weighted by molar-refractivity contribution is 0.0957. The van der Waals surface area contributed by atoms with Crippen LogP contribution in [0.15, 0.2) is 73.1 Å². The van der Waals surface area contributed by atoms with Gasteiger partial charge in [0.15, 0.2) is 6.29 Å². The maximum Gasteiger partial charge on any atom is 0.281 e. The van der Waals surface area contributed by atoms with Crippen LogP contribution in [0.3, 0.4) is 0 Å². The first-order valence-electron chi connectivity index (χ1n) is 9.47. The van der Waals surface area contributed by atoms with Gasteiger partial charge in [0.1, 0.15) is 11.5 Å². The van der Waals surface area contributed by atoms with Crippen LogP contribution >= 0.6 is 0 Å². The summed E-state index contributed by atoms with van der Waals surface area (Å²) in [5.74, 6) is -0.879. The summed E-state index contributed by atoms with van der Waals surface area (Å²) in [7, 11) is 0. The number of aldehydes is 1. The molecule has 0 unspecified atom stereocenters. The highest BCUT2D eigenvalue weighted by Gasteiger charge is 2.18. The molecule has 0 spiro atoms. The van der Waals surface area contributed by atoms with E-state index in [1.165, 1.54) is 22.8 Å². The number of halogens is 1. The van der Waals surface area contributed by atoms with Gasteiger partial charge in [0, 0.05) is 23.3 Å². The molecule has 0 bridgehead atoms. The van der Waals surface area contributed by atoms with Gasteiger partial charge in [0.2, 0.25) is 5.95 Å². The van der Waals surface area contributed by atoms with Gasteiger partial charge in [-0.15, -0.1) is 0 Å². The third-order valence-electron chi connectivity index (χ3n) is 5.15. The Labute approximate surface area is 175 Å². The van der Waals surface area contributed by atoms with Crippen molar-refractivity contribution in [2.24, 2.45) is 0 Å². The average Bonchev–Trinajstić information content (AvgIpc) is 3.22. The molecule has 7 heteroatoms. The van der Waals surface area contributed by atoms with Gasteiger partial charge in [-0.2, -0.15) is 0 Å². The van der Waals surface area contributed by atoms with E-state index in [0.717, 1.165) is 10.8 Å². The van der Waals surface area contributed by atoms with Gasteiger partial charge in [-0.3, -0.25) is 14.2 Å². The fourth-order valence-corrected chi connectivity index (χ4v) is 3.69. The van der Waals surface area contributed by atoms with E-state index in [1.54, 1.807) is 30.6 Å². The van der Waals surface area contributed by atoms with Crippen molar-refractivity contribution in [3.63, 3.8) is 0 Å². The second kappa shape index (κ2) is 7.14. The summed E-state index contributed by atoms with van der Waals surface area (Å²) in [6.07, 6.45) is 4.06. The Bertz CT molecular complexity index is 1470. The van der Waals surface area contributed by atoms with E-state index < -0.39 is 5.82 Å². The second-order valence-corrected chi connectivity index (χ2v) is 7.11. The van der Waals surface area contributed by atoms with Crippen molar-refractivity contribution in [1.82, 2.24) is 14.5 Å². The van der Waals surface area contributed by atoms with Crippen LogP contribution in [-0.4, -0.2) is 26.7 Å². The molecular weight excluding hydrogens is 395 g/mol. The van der Waals surface area contributed by atoms with E-state index in [-0.39, 0.29) is 23.1 Å². The summed E-state index contributed by atoms with van der Waals surface area (Å²) in [5.41, 5.74) is 7.87. The van der Waals surface area contributed by atoms with Gasteiger partial charge in [-0.1, -0.05) is 36.4 Å². The van der Waals surface area contributed by atoms with E-state index in [9.17, 15) is 14.0 Å². The maximum atomic E-state index is 13.6. The van der Waals surface area contributed by atoms with Gasteiger partial charge < -0.3 is 5.73 Å². The van der Waals surface area contributed by atoms with Crippen LogP contribution in [0.1, 0.15) is 20.8 Å². The minimum Gasteiger partial charge on any atom is -0.368 e. The van der Waals surface area contributed by atoms with Crippen LogP contribution in [-0.2, 0) is 0 Å². The summed E-state index contributed by atoms with van der Waals surface area (Å²) >= 11 is 0. The van der Waals surface area contributed by atoms with Crippen LogP contribution in [0, 0.1) is 5.82 Å². The Morgan fingerprint density at radius 2 is 1.71 bits per heavy atom. The Balaban J connectivity index is 1.70. The largest absolute Gasteiger partial charge is 0.368 e. The third-order valence-corrected chi connectivity index (χ3v) is 5.15. The molecule has 5 rings (SSSR count). The molecular formula is C24H15FN4O2. The van der Waals surface area contributed by atoms with Gasteiger partial charge in [-0.05, 0) is 46.2 Å². The number of aromatic nitrogens is 3. The molecule has 5 aromatic rings. The monoisotopic (exact) mass is 410 g/mol. The summed E-state index contributed by atoms with van der Waals surface area (Å²) in [6, 6.07) is 16.8. The van der Waals surface area contributed by atoms with Crippen molar-refractivity contribution < 1.29 is 14.0 Å². The first kappa shape index (κ1) is 18.6. The number of fused-ring (bicyclic) bond motifs is 2. The molecule has 2 heterocycles. The van der Waals surface area contributed by atoms with Crippen LogP contribution in [0.4, 0.5) is 10.3 Å². The van der Waals surface area contributed by atoms with Gasteiger partial charge >= 0.3 is 0 Å². The number of anilines is 1. The molecule has 6 nitrogen and oxygen atoms in total. The minimum atomic E-state index is -0.502. The number of carbonyl (C=O) groups excluding carboxylic acids is 2. The summed E-state index contributed by atoms with van der Waals surface area (Å²) in [4.78, 5) is 33.2. The first-order chi connectivity index (χ1) is 15.0. The number of nitrogens with two attached hydrogens (primary N) is 1. The predicted molar refractivity (Wildman–Crippen MR) is 116 cm³/mol. The van der Waals surface area contributed by atoms with Gasteiger partial charge in [0.25, 0.3) is 5.91 Å². The third kappa shape index (κ3) is 3.22. The molecule has 150 valence electrons. The lowest BCUT2D eigenvalue weighted by Crippen LogP contribution is -2.14. The molecule has 2 N–H and O–H groups in total. The first-order valence-corrected chi connectivity index (χ1v) is 9.47. The summed E-state index contributed by atoms with van der Waals surface area (Å²) in [6.45, 7) is 0. The number of rotatable bonds is 3. The molecule has 3 aromatic carbocycles. The molecule has 0 aliphatic heterocycles. The lowest BCUT2D eigenvalue weighted by Gasteiger charge is -2.10. The Morgan fingerprint density at radius 3 is 2.42 bits per heavy atom. The molecule has 0 atom stereocenters. The van der Waals surface area contributed by atoms with Crippen molar-refractivity contribution in [3.8, 4) is 11.1 Å². The molecule has 0 radical (unpaired) electrons. The smallest absolute Gasteiger partial charge is 0.281 e. The van der Waals surface area contributed by atoms with E-state index in [0.29, 0.717) is 28.3 Å². The number of hydrogen-bond donors (Lipinski definition) is 1. The zero-order valence-electron chi connectivity index (χ0n) is 16.1. The summed E-state index contributed by atoms with van der Waals surface area (Å²) < 4.78 is 15.0. The van der Waals surface area contributed by atoms with Crippen LogP contribution in [0.25, 0.3) is 32.8 Å². The van der Waals surface area contributed by atoms with Crippen molar-refractivity contribution in [3.05, 3.63) is 90.1 Å².